The van der Waals surface area contributed by atoms with E-state index >= 15 is 0 Å². The van der Waals surface area contributed by atoms with Gasteiger partial charge in [-0.25, -0.2) is 4.79 Å². The normalized spacial score (nSPS) is 15.4. The van der Waals surface area contributed by atoms with Gasteiger partial charge in [0.05, 0.1) is 25.2 Å². The highest BCUT2D eigenvalue weighted by atomic mass is 16.5. The van der Waals surface area contributed by atoms with Gasteiger partial charge in [0, 0.05) is 6.07 Å². The molecule has 1 aromatic carbocycles. The number of hydrogen-bond acceptors (Lipinski definition) is 7. The topological polar surface area (TPSA) is 108 Å². The molecule has 7 nitrogen and oxygen atoms in total. The summed E-state index contributed by atoms with van der Waals surface area (Å²) in [5.41, 5.74) is 6.42. The molecule has 0 spiro atoms. The number of nitrogens with two attached hydrogens (primary N) is 1. The molecule has 1 aromatic heterocycles. The Bertz CT molecular complexity index is 1020. The van der Waals surface area contributed by atoms with Gasteiger partial charge >= 0.3 is 5.63 Å². The third kappa shape index (κ3) is 3.54. The zero-order chi connectivity index (χ0) is 20.3. The minimum Gasteiger partial charge on any atom is -0.493 e. The van der Waals surface area contributed by atoms with Crippen LogP contribution in [-0.2, 0) is 0 Å². The van der Waals surface area contributed by atoms with Gasteiger partial charge in [0.25, 0.3) is 0 Å². The first-order chi connectivity index (χ1) is 13.5. The van der Waals surface area contributed by atoms with Crippen LogP contribution in [0.5, 0.6) is 17.2 Å². The Kier molecular flexibility index (Phi) is 5.59. The summed E-state index contributed by atoms with van der Waals surface area (Å²) in [5.74, 6) is 1.04. The van der Waals surface area contributed by atoms with Crippen molar-refractivity contribution in [1.82, 2.24) is 0 Å². The molecule has 28 heavy (non-hydrogen) atoms. The summed E-state index contributed by atoms with van der Waals surface area (Å²) < 4.78 is 22.0. The third-order valence-electron chi connectivity index (χ3n) is 4.53. The number of benzene rings is 1. The Hall–Kier alpha value is -3.40. The van der Waals surface area contributed by atoms with Crippen LogP contribution in [0, 0.1) is 18.3 Å². The Morgan fingerprint density at radius 2 is 2.07 bits per heavy atom. The van der Waals surface area contributed by atoms with Crippen LogP contribution < -0.4 is 25.6 Å². The van der Waals surface area contributed by atoms with Crippen LogP contribution >= 0.6 is 0 Å². The van der Waals surface area contributed by atoms with Crippen molar-refractivity contribution in [1.29, 1.82) is 5.26 Å². The van der Waals surface area contributed by atoms with E-state index in [0.717, 1.165) is 12.8 Å². The van der Waals surface area contributed by atoms with Gasteiger partial charge < -0.3 is 24.4 Å². The summed E-state index contributed by atoms with van der Waals surface area (Å²) in [7, 11) is 1.54. The van der Waals surface area contributed by atoms with Gasteiger partial charge in [-0.2, -0.15) is 5.26 Å². The quantitative estimate of drug-likeness (QED) is 0.763. The summed E-state index contributed by atoms with van der Waals surface area (Å²) in [4.78, 5) is 12.6. The molecule has 0 aliphatic carbocycles. The second-order valence-electron chi connectivity index (χ2n) is 6.46. The second kappa shape index (κ2) is 8.09. The molecule has 3 rings (SSSR count). The standard InChI is InChI=1S/C21H22N2O5/c1-4-5-8-26-15-7-6-13(10-16(15)25-3)18-14(11-22)20(23)28-17-9-12(2)27-21(24)19(17)18/h6-7,9-10,18H,4-5,8,23H2,1-3H3/t18-/m1/s1. The van der Waals surface area contributed by atoms with Gasteiger partial charge in [-0.1, -0.05) is 19.4 Å². The highest BCUT2D eigenvalue weighted by Gasteiger charge is 2.34. The first kappa shape index (κ1) is 19.4. The van der Waals surface area contributed by atoms with Crippen LogP contribution in [-0.4, -0.2) is 13.7 Å². The first-order valence-electron chi connectivity index (χ1n) is 9.03. The molecular weight excluding hydrogens is 360 g/mol. The number of unbranched alkanes of at least 4 members (excludes halogenated alkanes) is 1. The highest BCUT2D eigenvalue weighted by Crippen LogP contribution is 2.42. The van der Waals surface area contributed by atoms with Gasteiger partial charge in [0.1, 0.15) is 23.2 Å². The molecular formula is C21H22N2O5. The van der Waals surface area contributed by atoms with Crippen molar-refractivity contribution in [3.63, 3.8) is 0 Å². The average Bonchev–Trinajstić information content (AvgIpc) is 2.67. The third-order valence-corrected chi connectivity index (χ3v) is 4.53. The van der Waals surface area contributed by atoms with E-state index in [-0.39, 0.29) is 22.8 Å². The maximum absolute atomic E-state index is 12.6. The number of fused-ring (bicyclic) bond motifs is 1. The molecule has 2 heterocycles. The molecule has 0 bridgehead atoms. The molecule has 1 aliphatic heterocycles. The summed E-state index contributed by atoms with van der Waals surface area (Å²) in [6, 6.07) is 8.93. The number of allylic oxidation sites excluding steroid dienone is 1. The van der Waals surface area contributed by atoms with E-state index in [1.165, 1.54) is 7.11 Å². The Balaban J connectivity index is 2.12. The first-order valence-corrected chi connectivity index (χ1v) is 9.03. The van der Waals surface area contributed by atoms with Crippen LogP contribution in [0.25, 0.3) is 0 Å². The number of rotatable bonds is 6. The van der Waals surface area contributed by atoms with Crippen molar-refractivity contribution in [3.8, 4) is 23.3 Å². The minimum atomic E-state index is -0.718. The van der Waals surface area contributed by atoms with Crippen molar-refractivity contribution in [3.05, 3.63) is 63.0 Å². The molecule has 0 amide bonds. The van der Waals surface area contributed by atoms with Crippen LogP contribution in [0.1, 0.15) is 42.6 Å². The average molecular weight is 382 g/mol. The molecule has 146 valence electrons. The Labute approximate surface area is 162 Å². The van der Waals surface area contributed by atoms with Gasteiger partial charge in [0.2, 0.25) is 5.88 Å². The van der Waals surface area contributed by atoms with Crippen LogP contribution in [0.4, 0.5) is 0 Å². The molecule has 2 aromatic rings. The van der Waals surface area contributed by atoms with Crippen molar-refractivity contribution >= 4 is 0 Å². The van der Waals surface area contributed by atoms with Crippen molar-refractivity contribution in [2.24, 2.45) is 5.73 Å². The molecule has 0 saturated heterocycles. The lowest BCUT2D eigenvalue weighted by Gasteiger charge is -2.25. The largest absolute Gasteiger partial charge is 0.493 e. The predicted octanol–water partition coefficient (Wildman–Crippen LogP) is 3.35. The zero-order valence-electron chi connectivity index (χ0n) is 16.1. The molecule has 1 atom stereocenters. The molecule has 0 fully saturated rings. The van der Waals surface area contributed by atoms with E-state index < -0.39 is 11.5 Å². The van der Waals surface area contributed by atoms with Crippen LogP contribution in [0.2, 0.25) is 0 Å². The predicted molar refractivity (Wildman–Crippen MR) is 102 cm³/mol. The molecule has 7 heteroatoms. The second-order valence-corrected chi connectivity index (χ2v) is 6.46. The lowest BCUT2D eigenvalue weighted by molar-refractivity contribution is 0.288. The lowest BCUT2D eigenvalue weighted by atomic mass is 9.84. The van der Waals surface area contributed by atoms with Gasteiger partial charge in [-0.3, -0.25) is 0 Å². The summed E-state index contributed by atoms with van der Waals surface area (Å²) in [5, 5.41) is 9.63. The van der Waals surface area contributed by atoms with E-state index in [0.29, 0.717) is 29.4 Å². The molecule has 0 unspecified atom stereocenters. The SMILES string of the molecule is CCCCOc1ccc([C@@H]2C(C#N)=C(N)Oc3cc(C)oc(=O)c32)cc1OC. The van der Waals surface area contributed by atoms with Crippen molar-refractivity contribution in [2.45, 2.75) is 32.6 Å². The van der Waals surface area contributed by atoms with Gasteiger partial charge in [0.15, 0.2) is 11.5 Å². The fourth-order valence-electron chi connectivity index (χ4n) is 3.16. The number of nitrogens with zero attached hydrogens (tertiary/aromatic N) is 1. The van der Waals surface area contributed by atoms with E-state index in [9.17, 15) is 10.1 Å². The monoisotopic (exact) mass is 382 g/mol. The zero-order valence-corrected chi connectivity index (χ0v) is 16.1. The number of hydrogen-bond donors (Lipinski definition) is 1. The molecule has 0 radical (unpaired) electrons. The number of methoxy groups -OCH3 is 1. The van der Waals surface area contributed by atoms with Crippen molar-refractivity contribution < 1.29 is 18.6 Å². The highest BCUT2D eigenvalue weighted by molar-refractivity contribution is 5.57. The minimum absolute atomic E-state index is 0.0350. The number of ether oxygens (including phenoxy) is 3. The molecule has 1 aliphatic rings. The van der Waals surface area contributed by atoms with Crippen LogP contribution in [0.3, 0.4) is 0 Å². The fraction of sp³-hybridized carbons (Fsp3) is 0.333. The summed E-state index contributed by atoms with van der Waals surface area (Å²) >= 11 is 0. The van der Waals surface area contributed by atoms with Gasteiger partial charge in [-0.05, 0) is 31.0 Å². The van der Waals surface area contributed by atoms with E-state index in [1.54, 1.807) is 31.2 Å². The van der Waals surface area contributed by atoms with Crippen molar-refractivity contribution in [2.75, 3.05) is 13.7 Å². The lowest BCUT2D eigenvalue weighted by Crippen LogP contribution is -2.26. The number of aryl methyl sites for hydroxylation is 1. The Morgan fingerprint density at radius 3 is 2.75 bits per heavy atom. The maximum Gasteiger partial charge on any atom is 0.343 e. The Morgan fingerprint density at radius 1 is 1.29 bits per heavy atom. The molecule has 0 saturated carbocycles. The van der Waals surface area contributed by atoms with E-state index in [1.807, 2.05) is 0 Å². The fourth-order valence-corrected chi connectivity index (χ4v) is 3.16. The van der Waals surface area contributed by atoms with Gasteiger partial charge in [-0.15, -0.1) is 0 Å². The smallest absolute Gasteiger partial charge is 0.343 e. The van der Waals surface area contributed by atoms with Crippen LogP contribution in [0.15, 0.2) is 44.9 Å². The molecule has 2 N–H and O–H groups in total. The van der Waals surface area contributed by atoms with E-state index in [4.69, 9.17) is 24.4 Å². The maximum atomic E-state index is 12.6. The number of nitriles is 1. The van der Waals surface area contributed by atoms with E-state index in [2.05, 4.69) is 13.0 Å². The summed E-state index contributed by atoms with van der Waals surface area (Å²) in [6.45, 7) is 4.30. The summed E-state index contributed by atoms with van der Waals surface area (Å²) in [6.07, 6.45) is 1.94.